The molecule has 0 aliphatic rings. The standard InChI is InChI=1S/C18H16N6O/c1-12-5-6-14-16(21-9-8-20-14)17(12)24-15(11-25-2)22-23-18(24)13-4-3-7-19-10-13/h3-10H,11H2,1-2H3. The SMILES string of the molecule is COCc1nnc(-c2cccnc2)n1-c1c(C)ccc2nccnc12. The van der Waals surface area contributed by atoms with E-state index in [4.69, 9.17) is 4.74 Å². The number of rotatable bonds is 4. The van der Waals surface area contributed by atoms with Gasteiger partial charge in [-0.25, -0.2) is 0 Å². The van der Waals surface area contributed by atoms with Gasteiger partial charge in [0.1, 0.15) is 12.1 Å². The molecule has 7 heteroatoms. The Morgan fingerprint density at radius 2 is 1.92 bits per heavy atom. The number of aryl methyl sites for hydroxylation is 1. The molecule has 0 N–H and O–H groups in total. The first-order valence-electron chi connectivity index (χ1n) is 7.84. The van der Waals surface area contributed by atoms with E-state index in [0.717, 1.165) is 27.8 Å². The molecule has 4 aromatic rings. The molecule has 0 spiro atoms. The van der Waals surface area contributed by atoms with Crippen LogP contribution in [0.3, 0.4) is 0 Å². The van der Waals surface area contributed by atoms with Crippen molar-refractivity contribution < 1.29 is 4.74 Å². The van der Waals surface area contributed by atoms with Gasteiger partial charge >= 0.3 is 0 Å². The Morgan fingerprint density at radius 1 is 1.04 bits per heavy atom. The normalized spacial score (nSPS) is 11.1. The Morgan fingerprint density at radius 3 is 2.72 bits per heavy atom. The molecular formula is C18H16N6O. The van der Waals surface area contributed by atoms with Crippen LogP contribution in [0.5, 0.6) is 0 Å². The average molecular weight is 332 g/mol. The second kappa shape index (κ2) is 6.37. The fourth-order valence-corrected chi connectivity index (χ4v) is 2.86. The molecule has 0 aliphatic heterocycles. The van der Waals surface area contributed by atoms with E-state index in [1.165, 1.54) is 0 Å². The van der Waals surface area contributed by atoms with Crippen molar-refractivity contribution in [2.45, 2.75) is 13.5 Å². The van der Waals surface area contributed by atoms with Gasteiger partial charge in [-0.05, 0) is 30.7 Å². The van der Waals surface area contributed by atoms with E-state index in [1.54, 1.807) is 31.9 Å². The van der Waals surface area contributed by atoms with E-state index in [1.807, 2.05) is 35.8 Å². The summed E-state index contributed by atoms with van der Waals surface area (Å²) >= 11 is 0. The first kappa shape index (κ1) is 15.3. The molecule has 1 aromatic carbocycles. The maximum atomic E-state index is 5.32. The molecule has 0 saturated heterocycles. The zero-order chi connectivity index (χ0) is 17.2. The van der Waals surface area contributed by atoms with Crippen LogP contribution < -0.4 is 0 Å². The molecule has 3 heterocycles. The minimum atomic E-state index is 0.337. The number of methoxy groups -OCH3 is 1. The fourth-order valence-electron chi connectivity index (χ4n) is 2.86. The lowest BCUT2D eigenvalue weighted by atomic mass is 10.1. The van der Waals surface area contributed by atoms with Crippen LogP contribution in [-0.4, -0.2) is 36.8 Å². The molecule has 7 nitrogen and oxygen atoms in total. The smallest absolute Gasteiger partial charge is 0.170 e. The Bertz CT molecular complexity index is 1030. The van der Waals surface area contributed by atoms with E-state index >= 15 is 0 Å². The maximum absolute atomic E-state index is 5.32. The van der Waals surface area contributed by atoms with Gasteiger partial charge in [-0.3, -0.25) is 19.5 Å². The fraction of sp³-hybridized carbons (Fsp3) is 0.167. The predicted octanol–water partition coefficient (Wildman–Crippen LogP) is 2.73. The van der Waals surface area contributed by atoms with Crippen molar-refractivity contribution in [2.75, 3.05) is 7.11 Å². The third-order valence-corrected chi connectivity index (χ3v) is 3.96. The van der Waals surface area contributed by atoms with Crippen molar-refractivity contribution in [2.24, 2.45) is 0 Å². The van der Waals surface area contributed by atoms with Gasteiger partial charge < -0.3 is 4.74 Å². The van der Waals surface area contributed by atoms with Crippen molar-refractivity contribution in [3.05, 3.63) is 60.4 Å². The second-order valence-corrected chi connectivity index (χ2v) is 5.61. The van der Waals surface area contributed by atoms with Crippen molar-refractivity contribution in [3.8, 4) is 17.1 Å². The Balaban J connectivity index is 2.06. The zero-order valence-corrected chi connectivity index (χ0v) is 13.9. The van der Waals surface area contributed by atoms with Crippen molar-refractivity contribution >= 4 is 11.0 Å². The Hall–Kier alpha value is -3.19. The van der Waals surface area contributed by atoms with Crippen LogP contribution in [0.4, 0.5) is 0 Å². The molecule has 0 unspecified atom stereocenters. The summed E-state index contributed by atoms with van der Waals surface area (Å²) < 4.78 is 7.30. The Labute approximate surface area is 144 Å². The molecule has 0 aliphatic carbocycles. The highest BCUT2D eigenvalue weighted by molar-refractivity contribution is 5.85. The van der Waals surface area contributed by atoms with Gasteiger partial charge in [0, 0.05) is 37.5 Å². The molecule has 0 amide bonds. The molecule has 124 valence electrons. The number of hydrogen-bond acceptors (Lipinski definition) is 6. The lowest BCUT2D eigenvalue weighted by Crippen LogP contribution is -2.08. The highest BCUT2D eigenvalue weighted by atomic mass is 16.5. The molecular weight excluding hydrogens is 316 g/mol. The van der Waals surface area contributed by atoms with Gasteiger partial charge in [0.05, 0.1) is 11.2 Å². The summed E-state index contributed by atoms with van der Waals surface area (Å²) in [6.07, 6.45) is 6.87. The quantitative estimate of drug-likeness (QED) is 0.572. The topological polar surface area (TPSA) is 78.6 Å². The predicted molar refractivity (Wildman–Crippen MR) is 93.1 cm³/mol. The lowest BCUT2D eigenvalue weighted by molar-refractivity contribution is 0.176. The highest BCUT2D eigenvalue weighted by Crippen LogP contribution is 2.29. The number of benzene rings is 1. The van der Waals surface area contributed by atoms with Crippen molar-refractivity contribution in [1.29, 1.82) is 0 Å². The van der Waals surface area contributed by atoms with Crippen LogP contribution in [0.1, 0.15) is 11.4 Å². The molecule has 3 aromatic heterocycles. The van der Waals surface area contributed by atoms with Gasteiger partial charge in [-0.2, -0.15) is 0 Å². The summed E-state index contributed by atoms with van der Waals surface area (Å²) in [6.45, 7) is 2.37. The number of pyridine rings is 1. The van der Waals surface area contributed by atoms with Crippen LogP contribution >= 0.6 is 0 Å². The van der Waals surface area contributed by atoms with Crippen LogP contribution in [0, 0.1) is 6.92 Å². The second-order valence-electron chi connectivity index (χ2n) is 5.61. The number of hydrogen-bond donors (Lipinski definition) is 0. The molecule has 0 bridgehead atoms. The zero-order valence-electron chi connectivity index (χ0n) is 13.9. The minimum absolute atomic E-state index is 0.337. The Kier molecular flexibility index (Phi) is 3.91. The van der Waals surface area contributed by atoms with E-state index in [0.29, 0.717) is 18.3 Å². The summed E-state index contributed by atoms with van der Waals surface area (Å²) in [5.41, 5.74) is 4.44. The number of ether oxygens (including phenoxy) is 1. The average Bonchev–Trinajstić information content (AvgIpc) is 3.06. The molecule has 0 radical (unpaired) electrons. The molecule has 25 heavy (non-hydrogen) atoms. The number of aromatic nitrogens is 6. The maximum Gasteiger partial charge on any atom is 0.170 e. The third kappa shape index (κ3) is 2.64. The van der Waals surface area contributed by atoms with Crippen LogP contribution in [-0.2, 0) is 11.3 Å². The summed E-state index contributed by atoms with van der Waals surface area (Å²) in [5, 5.41) is 8.69. The van der Waals surface area contributed by atoms with Crippen LogP contribution in [0.15, 0.2) is 49.1 Å². The van der Waals surface area contributed by atoms with Crippen molar-refractivity contribution in [3.63, 3.8) is 0 Å². The lowest BCUT2D eigenvalue weighted by Gasteiger charge is -2.14. The van der Waals surface area contributed by atoms with Gasteiger partial charge in [0.25, 0.3) is 0 Å². The summed E-state index contributed by atoms with van der Waals surface area (Å²) in [7, 11) is 1.64. The number of fused-ring (bicyclic) bond motifs is 1. The van der Waals surface area contributed by atoms with E-state index < -0.39 is 0 Å². The van der Waals surface area contributed by atoms with Crippen LogP contribution in [0.2, 0.25) is 0 Å². The molecule has 0 saturated carbocycles. The summed E-state index contributed by atoms with van der Waals surface area (Å²) in [5.74, 6) is 1.39. The van der Waals surface area contributed by atoms with Gasteiger partial charge in [0.2, 0.25) is 0 Å². The van der Waals surface area contributed by atoms with Crippen LogP contribution in [0.25, 0.3) is 28.1 Å². The first-order chi connectivity index (χ1) is 12.3. The number of nitrogens with zero attached hydrogens (tertiary/aromatic N) is 6. The third-order valence-electron chi connectivity index (χ3n) is 3.96. The summed E-state index contributed by atoms with van der Waals surface area (Å²) in [4.78, 5) is 13.1. The first-order valence-corrected chi connectivity index (χ1v) is 7.84. The van der Waals surface area contributed by atoms with E-state index in [-0.39, 0.29) is 0 Å². The highest BCUT2D eigenvalue weighted by Gasteiger charge is 2.20. The minimum Gasteiger partial charge on any atom is -0.377 e. The van der Waals surface area contributed by atoms with Gasteiger partial charge in [0.15, 0.2) is 11.6 Å². The largest absolute Gasteiger partial charge is 0.377 e. The molecule has 0 fully saturated rings. The monoisotopic (exact) mass is 332 g/mol. The molecule has 4 rings (SSSR count). The van der Waals surface area contributed by atoms with E-state index in [9.17, 15) is 0 Å². The van der Waals surface area contributed by atoms with Gasteiger partial charge in [-0.15, -0.1) is 10.2 Å². The molecule has 0 atom stereocenters. The summed E-state index contributed by atoms with van der Waals surface area (Å²) in [6, 6.07) is 7.82. The van der Waals surface area contributed by atoms with Gasteiger partial charge in [-0.1, -0.05) is 6.07 Å². The van der Waals surface area contributed by atoms with Crippen molar-refractivity contribution in [1.82, 2.24) is 29.7 Å². The van der Waals surface area contributed by atoms with E-state index in [2.05, 4.69) is 25.1 Å².